The third-order valence-electron chi connectivity index (χ3n) is 3.19. The molecule has 2 aromatic rings. The predicted octanol–water partition coefficient (Wildman–Crippen LogP) is 3.64. The van der Waals surface area contributed by atoms with E-state index >= 15 is 0 Å². The van der Waals surface area contributed by atoms with Crippen molar-refractivity contribution in [2.24, 2.45) is 7.05 Å². The molecular formula is C17H22BrN3O2. The van der Waals surface area contributed by atoms with E-state index in [1.165, 1.54) is 4.68 Å². The summed E-state index contributed by atoms with van der Waals surface area (Å²) >= 11 is 3.32. The van der Waals surface area contributed by atoms with Crippen LogP contribution in [-0.2, 0) is 13.6 Å². The summed E-state index contributed by atoms with van der Waals surface area (Å²) in [5.41, 5.74) is 2.39. The fraction of sp³-hybridized carbons (Fsp3) is 0.412. The lowest BCUT2D eigenvalue weighted by molar-refractivity contribution is 0.129. The van der Waals surface area contributed by atoms with E-state index in [-0.39, 0.29) is 11.2 Å². The second-order valence-electron chi connectivity index (χ2n) is 6.48. The number of nitrogens with zero attached hydrogens (tertiary/aromatic N) is 2. The Morgan fingerprint density at radius 3 is 2.70 bits per heavy atom. The number of hydrogen-bond acceptors (Lipinski definition) is 4. The number of hydrogen-bond donors (Lipinski definition) is 1. The third kappa shape index (κ3) is 4.58. The molecule has 124 valence electrons. The summed E-state index contributed by atoms with van der Waals surface area (Å²) in [4.78, 5) is 11.9. The van der Waals surface area contributed by atoms with Gasteiger partial charge in [-0.3, -0.25) is 4.79 Å². The number of ether oxygens (including phenoxy) is 1. The maximum absolute atomic E-state index is 11.9. The number of rotatable bonds is 4. The van der Waals surface area contributed by atoms with Crippen LogP contribution in [0.3, 0.4) is 0 Å². The Morgan fingerprint density at radius 2 is 2.04 bits per heavy atom. The molecule has 0 saturated carbocycles. The minimum atomic E-state index is -0.270. The fourth-order valence-electron chi connectivity index (χ4n) is 2.06. The highest BCUT2D eigenvalue weighted by atomic mass is 79.9. The highest BCUT2D eigenvalue weighted by Crippen LogP contribution is 2.26. The highest BCUT2D eigenvalue weighted by Gasteiger charge is 2.15. The first-order valence-corrected chi connectivity index (χ1v) is 8.21. The molecule has 0 saturated heterocycles. The summed E-state index contributed by atoms with van der Waals surface area (Å²) in [6.45, 7) is 8.64. The van der Waals surface area contributed by atoms with Crippen molar-refractivity contribution in [1.29, 1.82) is 0 Å². The molecule has 0 fully saturated rings. The first-order chi connectivity index (χ1) is 10.7. The summed E-state index contributed by atoms with van der Waals surface area (Å²) in [6.07, 6.45) is 1.63. The lowest BCUT2D eigenvalue weighted by Gasteiger charge is -2.24. The third-order valence-corrected chi connectivity index (χ3v) is 3.95. The lowest BCUT2D eigenvalue weighted by atomic mass is 10.1. The Hall–Kier alpha value is -1.82. The van der Waals surface area contributed by atoms with Gasteiger partial charge in [-0.25, -0.2) is 4.68 Å². The largest absolute Gasteiger partial charge is 0.488 e. The number of halogens is 1. The van der Waals surface area contributed by atoms with Gasteiger partial charge in [0.25, 0.3) is 5.56 Å². The summed E-state index contributed by atoms with van der Waals surface area (Å²) in [7, 11) is 1.62. The fourth-order valence-corrected chi connectivity index (χ4v) is 2.56. The van der Waals surface area contributed by atoms with Crippen LogP contribution in [0.4, 0.5) is 5.69 Å². The van der Waals surface area contributed by atoms with Crippen LogP contribution in [-0.4, -0.2) is 15.4 Å². The van der Waals surface area contributed by atoms with Crippen molar-refractivity contribution in [2.45, 2.75) is 39.8 Å². The van der Waals surface area contributed by atoms with Crippen LogP contribution in [0.25, 0.3) is 0 Å². The molecule has 0 aliphatic heterocycles. The molecule has 0 radical (unpaired) electrons. The van der Waals surface area contributed by atoms with Gasteiger partial charge in [-0.1, -0.05) is 12.1 Å². The van der Waals surface area contributed by atoms with E-state index < -0.39 is 0 Å². The molecule has 0 atom stereocenters. The van der Waals surface area contributed by atoms with Crippen molar-refractivity contribution in [3.63, 3.8) is 0 Å². The van der Waals surface area contributed by atoms with Gasteiger partial charge in [0.1, 0.15) is 15.8 Å². The Labute approximate surface area is 144 Å². The van der Waals surface area contributed by atoms with Gasteiger partial charge in [0.15, 0.2) is 0 Å². The molecule has 0 spiro atoms. The molecule has 1 N–H and O–H groups in total. The summed E-state index contributed by atoms with van der Waals surface area (Å²) in [5, 5.41) is 7.27. The summed E-state index contributed by atoms with van der Waals surface area (Å²) in [5.74, 6) is 0.845. The van der Waals surface area contributed by atoms with Gasteiger partial charge in [-0.15, -0.1) is 0 Å². The lowest BCUT2D eigenvalue weighted by Crippen LogP contribution is -2.24. The van der Waals surface area contributed by atoms with Crippen molar-refractivity contribution < 1.29 is 4.74 Å². The van der Waals surface area contributed by atoms with Crippen molar-refractivity contribution in [2.75, 3.05) is 5.32 Å². The zero-order valence-corrected chi connectivity index (χ0v) is 15.7. The second kappa shape index (κ2) is 6.74. The van der Waals surface area contributed by atoms with Crippen molar-refractivity contribution in [3.8, 4) is 5.75 Å². The standard InChI is InChI=1S/C17H22BrN3O2/c1-11-6-7-12(14(8-11)23-17(2,3)4)9-19-13-10-20-21(5)16(22)15(13)18/h6-8,10,19H,9H2,1-5H3. The van der Waals surface area contributed by atoms with Crippen LogP contribution >= 0.6 is 15.9 Å². The zero-order valence-electron chi connectivity index (χ0n) is 14.1. The molecular weight excluding hydrogens is 358 g/mol. The van der Waals surface area contributed by atoms with Crippen molar-refractivity contribution >= 4 is 21.6 Å². The first kappa shape index (κ1) is 17.5. The predicted molar refractivity (Wildman–Crippen MR) is 96.1 cm³/mol. The van der Waals surface area contributed by atoms with E-state index in [1.807, 2.05) is 45.9 Å². The maximum atomic E-state index is 11.9. The molecule has 1 aromatic carbocycles. The van der Waals surface area contributed by atoms with Gasteiger partial charge in [-0.2, -0.15) is 5.10 Å². The monoisotopic (exact) mass is 379 g/mol. The van der Waals surface area contributed by atoms with Gasteiger partial charge in [0.05, 0.1) is 11.9 Å². The normalized spacial score (nSPS) is 11.4. The van der Waals surface area contributed by atoms with E-state index in [4.69, 9.17) is 4.74 Å². The Morgan fingerprint density at radius 1 is 1.35 bits per heavy atom. The Balaban J connectivity index is 2.24. The average Bonchev–Trinajstić information content (AvgIpc) is 2.44. The minimum Gasteiger partial charge on any atom is -0.488 e. The molecule has 0 amide bonds. The molecule has 0 aliphatic rings. The Bertz CT molecular complexity index is 763. The van der Waals surface area contributed by atoms with Crippen molar-refractivity contribution in [1.82, 2.24) is 9.78 Å². The number of benzene rings is 1. The van der Waals surface area contributed by atoms with Gasteiger partial charge in [-0.05, 0) is 55.3 Å². The number of aryl methyl sites for hydroxylation is 2. The van der Waals surface area contributed by atoms with Gasteiger partial charge >= 0.3 is 0 Å². The van der Waals surface area contributed by atoms with Crippen LogP contribution in [0.15, 0.2) is 33.7 Å². The first-order valence-electron chi connectivity index (χ1n) is 7.41. The summed E-state index contributed by atoms with van der Waals surface area (Å²) in [6, 6.07) is 6.11. The molecule has 0 aliphatic carbocycles. The van der Waals surface area contributed by atoms with Crippen LogP contribution in [0.2, 0.25) is 0 Å². The molecule has 0 unspecified atom stereocenters. The van der Waals surface area contributed by atoms with E-state index in [0.717, 1.165) is 16.9 Å². The maximum Gasteiger partial charge on any atom is 0.282 e. The number of nitrogens with one attached hydrogen (secondary N) is 1. The molecule has 6 heteroatoms. The number of anilines is 1. The smallest absolute Gasteiger partial charge is 0.282 e. The van der Waals surface area contributed by atoms with Crippen LogP contribution < -0.4 is 15.6 Å². The molecule has 5 nitrogen and oxygen atoms in total. The zero-order chi connectivity index (χ0) is 17.2. The van der Waals surface area contributed by atoms with Gasteiger partial charge in [0, 0.05) is 19.2 Å². The summed E-state index contributed by atoms with van der Waals surface area (Å²) < 4.78 is 7.80. The molecule has 1 heterocycles. The SMILES string of the molecule is Cc1ccc(CNc2cnn(C)c(=O)c2Br)c(OC(C)(C)C)c1. The average molecular weight is 380 g/mol. The van der Waals surface area contributed by atoms with Crippen LogP contribution in [0.5, 0.6) is 5.75 Å². The second-order valence-corrected chi connectivity index (χ2v) is 7.27. The van der Waals surface area contributed by atoms with Crippen LogP contribution in [0.1, 0.15) is 31.9 Å². The van der Waals surface area contributed by atoms with E-state index in [2.05, 4.69) is 26.3 Å². The van der Waals surface area contributed by atoms with E-state index in [0.29, 0.717) is 16.7 Å². The molecule has 0 bridgehead atoms. The minimum absolute atomic E-state index is 0.176. The van der Waals surface area contributed by atoms with Gasteiger partial charge < -0.3 is 10.1 Å². The topological polar surface area (TPSA) is 56.2 Å². The molecule has 1 aromatic heterocycles. The van der Waals surface area contributed by atoms with Crippen molar-refractivity contribution in [3.05, 3.63) is 50.3 Å². The van der Waals surface area contributed by atoms with Crippen LogP contribution in [0, 0.1) is 6.92 Å². The molecule has 23 heavy (non-hydrogen) atoms. The Kier molecular flexibility index (Phi) is 5.14. The van der Waals surface area contributed by atoms with Gasteiger partial charge in [0.2, 0.25) is 0 Å². The van der Waals surface area contributed by atoms with E-state index in [1.54, 1.807) is 13.2 Å². The van der Waals surface area contributed by atoms with E-state index in [9.17, 15) is 4.79 Å². The molecule has 2 rings (SSSR count). The number of aromatic nitrogens is 2. The quantitative estimate of drug-likeness (QED) is 0.880. The highest BCUT2D eigenvalue weighted by molar-refractivity contribution is 9.10.